The minimum atomic E-state index is -0.867. The Morgan fingerprint density at radius 1 is 1.09 bits per heavy atom. The van der Waals surface area contributed by atoms with Gasteiger partial charge in [0.15, 0.2) is 5.52 Å². The Balaban J connectivity index is 2.34. The lowest BCUT2D eigenvalue weighted by atomic mass is 10.1. The van der Waals surface area contributed by atoms with Crippen LogP contribution < -0.4 is 16.0 Å². The molecule has 0 saturated heterocycles. The molecule has 2 heterocycles. The number of ether oxygens (including phenoxy) is 1. The van der Waals surface area contributed by atoms with Crippen LogP contribution >= 0.6 is 0 Å². The first kappa shape index (κ1) is 14.9. The molecule has 0 spiro atoms. The SMILES string of the molecule is COc1cc(F)c(-c2cc(C)c3[nH]c(=O)[nH]c(=O)c3n2)c(F)c1. The average molecular weight is 319 g/mol. The zero-order valence-corrected chi connectivity index (χ0v) is 12.2. The number of aromatic nitrogens is 3. The molecule has 0 bridgehead atoms. The Morgan fingerprint density at radius 2 is 1.74 bits per heavy atom. The Morgan fingerprint density at radius 3 is 2.35 bits per heavy atom. The summed E-state index contributed by atoms with van der Waals surface area (Å²) in [4.78, 5) is 31.6. The maximum absolute atomic E-state index is 14.2. The van der Waals surface area contributed by atoms with Gasteiger partial charge in [0.2, 0.25) is 0 Å². The van der Waals surface area contributed by atoms with E-state index in [0.717, 1.165) is 12.1 Å². The van der Waals surface area contributed by atoms with Crippen molar-refractivity contribution in [2.75, 3.05) is 7.11 Å². The molecule has 6 nitrogen and oxygen atoms in total. The number of fused-ring (bicyclic) bond motifs is 1. The van der Waals surface area contributed by atoms with Gasteiger partial charge in [0, 0.05) is 12.1 Å². The van der Waals surface area contributed by atoms with Crippen LogP contribution in [0.4, 0.5) is 8.78 Å². The molecule has 2 aromatic heterocycles. The van der Waals surface area contributed by atoms with Gasteiger partial charge in [-0.3, -0.25) is 9.78 Å². The van der Waals surface area contributed by atoms with E-state index in [2.05, 4.69) is 9.97 Å². The molecule has 0 unspecified atom stereocenters. The zero-order valence-electron chi connectivity index (χ0n) is 12.2. The second kappa shape index (κ2) is 5.31. The molecule has 3 aromatic rings. The molecule has 2 N–H and O–H groups in total. The predicted octanol–water partition coefficient (Wildman–Crippen LogP) is 1.87. The van der Waals surface area contributed by atoms with Crippen molar-refractivity contribution < 1.29 is 13.5 Å². The fourth-order valence-corrected chi connectivity index (χ4v) is 2.34. The summed E-state index contributed by atoms with van der Waals surface area (Å²) in [5, 5.41) is 0. The largest absolute Gasteiger partial charge is 0.497 e. The summed E-state index contributed by atoms with van der Waals surface area (Å²) < 4.78 is 33.2. The topological polar surface area (TPSA) is 87.8 Å². The van der Waals surface area contributed by atoms with E-state index >= 15 is 0 Å². The number of H-pyrrole nitrogens is 2. The Labute approximate surface area is 127 Å². The van der Waals surface area contributed by atoms with Crippen LogP contribution in [0.3, 0.4) is 0 Å². The van der Waals surface area contributed by atoms with Crippen molar-refractivity contribution in [1.29, 1.82) is 0 Å². The normalized spacial score (nSPS) is 11.0. The van der Waals surface area contributed by atoms with Gasteiger partial charge >= 0.3 is 5.69 Å². The lowest BCUT2D eigenvalue weighted by Gasteiger charge is -2.09. The first-order valence-corrected chi connectivity index (χ1v) is 6.58. The molecule has 118 valence electrons. The second-order valence-electron chi connectivity index (χ2n) is 4.92. The molecule has 0 aliphatic rings. The fraction of sp³-hybridized carbons (Fsp3) is 0.133. The highest BCUT2D eigenvalue weighted by atomic mass is 19.1. The van der Waals surface area contributed by atoms with Gasteiger partial charge < -0.3 is 9.72 Å². The van der Waals surface area contributed by atoms with Crippen LogP contribution in [-0.2, 0) is 0 Å². The molecular formula is C15H11F2N3O3. The van der Waals surface area contributed by atoms with E-state index < -0.39 is 22.9 Å². The van der Waals surface area contributed by atoms with E-state index in [9.17, 15) is 18.4 Å². The molecule has 23 heavy (non-hydrogen) atoms. The Hall–Kier alpha value is -3.03. The third kappa shape index (κ3) is 2.48. The van der Waals surface area contributed by atoms with E-state index in [-0.39, 0.29) is 28.0 Å². The number of pyridine rings is 1. The van der Waals surface area contributed by atoms with Crippen molar-refractivity contribution in [3.8, 4) is 17.0 Å². The van der Waals surface area contributed by atoms with Gasteiger partial charge in [-0.05, 0) is 18.6 Å². The summed E-state index contributed by atoms with van der Waals surface area (Å²) >= 11 is 0. The highest BCUT2D eigenvalue weighted by molar-refractivity contribution is 5.80. The van der Waals surface area contributed by atoms with Gasteiger partial charge in [0.1, 0.15) is 17.4 Å². The number of nitrogens with one attached hydrogen (secondary N) is 2. The van der Waals surface area contributed by atoms with Crippen LogP contribution in [0.15, 0.2) is 27.8 Å². The summed E-state index contributed by atoms with van der Waals surface area (Å²) in [5.41, 5.74) is -1.26. The minimum Gasteiger partial charge on any atom is -0.497 e. The summed E-state index contributed by atoms with van der Waals surface area (Å²) in [6.45, 7) is 1.60. The van der Waals surface area contributed by atoms with Gasteiger partial charge in [0.25, 0.3) is 5.56 Å². The number of benzene rings is 1. The molecule has 0 fully saturated rings. The number of halogens is 2. The van der Waals surface area contributed by atoms with Gasteiger partial charge in [-0.15, -0.1) is 0 Å². The highest BCUT2D eigenvalue weighted by Crippen LogP contribution is 2.30. The first-order chi connectivity index (χ1) is 10.9. The van der Waals surface area contributed by atoms with Crippen LogP contribution in [-0.4, -0.2) is 22.1 Å². The van der Waals surface area contributed by atoms with Gasteiger partial charge in [0.05, 0.1) is 23.9 Å². The highest BCUT2D eigenvalue weighted by Gasteiger charge is 2.17. The van der Waals surface area contributed by atoms with Gasteiger partial charge in [-0.2, -0.15) is 0 Å². The van der Waals surface area contributed by atoms with E-state index in [1.54, 1.807) is 6.92 Å². The second-order valence-corrected chi connectivity index (χ2v) is 4.92. The smallest absolute Gasteiger partial charge is 0.326 e. The van der Waals surface area contributed by atoms with E-state index in [1.807, 2.05) is 4.98 Å². The van der Waals surface area contributed by atoms with Crippen molar-refractivity contribution in [2.45, 2.75) is 6.92 Å². The van der Waals surface area contributed by atoms with Crippen LogP contribution in [0, 0.1) is 18.6 Å². The van der Waals surface area contributed by atoms with Crippen molar-refractivity contribution in [3.63, 3.8) is 0 Å². The molecule has 0 radical (unpaired) electrons. The lowest BCUT2D eigenvalue weighted by Crippen LogP contribution is -2.23. The molecule has 0 aliphatic carbocycles. The summed E-state index contributed by atoms with van der Waals surface area (Å²) in [6.07, 6.45) is 0. The summed E-state index contributed by atoms with van der Waals surface area (Å²) in [6, 6.07) is 3.44. The van der Waals surface area contributed by atoms with Gasteiger partial charge in [-0.25, -0.2) is 18.6 Å². The van der Waals surface area contributed by atoms with E-state index in [4.69, 9.17) is 4.74 Å². The number of hydrogen-bond donors (Lipinski definition) is 2. The summed E-state index contributed by atoms with van der Waals surface area (Å²) in [5.74, 6) is -1.70. The number of hydrogen-bond acceptors (Lipinski definition) is 4. The molecule has 3 rings (SSSR count). The first-order valence-electron chi connectivity index (χ1n) is 6.58. The van der Waals surface area contributed by atoms with Crippen LogP contribution in [0.5, 0.6) is 5.75 Å². The third-order valence-electron chi connectivity index (χ3n) is 3.40. The summed E-state index contributed by atoms with van der Waals surface area (Å²) in [7, 11) is 1.29. The minimum absolute atomic E-state index is 0.0310. The van der Waals surface area contributed by atoms with Crippen LogP contribution in [0.25, 0.3) is 22.3 Å². The van der Waals surface area contributed by atoms with Crippen molar-refractivity contribution in [3.05, 3.63) is 56.2 Å². The van der Waals surface area contributed by atoms with E-state index in [0.29, 0.717) is 5.56 Å². The number of aryl methyl sites for hydroxylation is 1. The Kier molecular flexibility index (Phi) is 3.44. The molecule has 8 heteroatoms. The van der Waals surface area contributed by atoms with Crippen molar-refractivity contribution >= 4 is 11.0 Å². The maximum atomic E-state index is 14.2. The third-order valence-corrected chi connectivity index (χ3v) is 3.40. The standard InChI is InChI=1S/C15H11F2N3O3/c1-6-3-10(11-8(16)4-7(23-2)5-9(11)17)18-13-12(6)19-15(22)20-14(13)21/h3-5H,1-2H3,(H2,19,20,21,22). The predicted molar refractivity (Wildman–Crippen MR) is 79.6 cm³/mol. The number of aromatic amines is 2. The van der Waals surface area contributed by atoms with Crippen LogP contribution in [0.1, 0.15) is 5.56 Å². The maximum Gasteiger partial charge on any atom is 0.326 e. The van der Waals surface area contributed by atoms with Crippen molar-refractivity contribution in [2.24, 2.45) is 0 Å². The molecule has 0 aliphatic heterocycles. The van der Waals surface area contributed by atoms with Gasteiger partial charge in [-0.1, -0.05) is 0 Å². The number of methoxy groups -OCH3 is 1. The monoisotopic (exact) mass is 319 g/mol. The number of rotatable bonds is 2. The molecular weight excluding hydrogens is 308 g/mol. The number of nitrogens with zero attached hydrogens (tertiary/aromatic N) is 1. The molecule has 0 amide bonds. The van der Waals surface area contributed by atoms with E-state index in [1.165, 1.54) is 13.2 Å². The van der Waals surface area contributed by atoms with Crippen LogP contribution in [0.2, 0.25) is 0 Å². The Bertz CT molecular complexity index is 1020. The molecule has 0 atom stereocenters. The molecule has 1 aromatic carbocycles. The quantitative estimate of drug-likeness (QED) is 0.755. The van der Waals surface area contributed by atoms with Crippen molar-refractivity contribution in [1.82, 2.24) is 15.0 Å². The zero-order chi connectivity index (χ0) is 16.7. The molecule has 0 saturated carbocycles. The lowest BCUT2D eigenvalue weighted by molar-refractivity contribution is 0.407. The fourth-order valence-electron chi connectivity index (χ4n) is 2.34. The average Bonchev–Trinajstić information content (AvgIpc) is 2.47.